The van der Waals surface area contributed by atoms with Crippen LogP contribution in [0.2, 0.25) is 0 Å². The monoisotopic (exact) mass is 1660 g/mol. The van der Waals surface area contributed by atoms with E-state index in [1.807, 2.05) is 72.8 Å². The molecular weight excluding hydrogens is 1590 g/mol. The van der Waals surface area contributed by atoms with E-state index < -0.39 is 0 Å². The van der Waals surface area contributed by atoms with Crippen molar-refractivity contribution in [1.82, 2.24) is 39.0 Å². The van der Waals surface area contributed by atoms with Gasteiger partial charge in [0.05, 0.1) is 32.8 Å². The largest absolute Gasteiger partial charge is 0.456 e. The summed E-state index contributed by atoms with van der Waals surface area (Å²) < 4.78 is 18.8. The number of rotatable bonds is 15. The lowest BCUT2D eigenvalue weighted by Gasteiger charge is -2.17. The van der Waals surface area contributed by atoms with Crippen molar-refractivity contribution in [3.63, 3.8) is 0 Å². The summed E-state index contributed by atoms with van der Waals surface area (Å²) in [7, 11) is 0. The lowest BCUT2D eigenvalue weighted by molar-refractivity contribution is 0.669. The molecule has 0 bridgehead atoms. The molecular formula is C120H76N8O2. The van der Waals surface area contributed by atoms with Gasteiger partial charge in [0.15, 0.2) is 34.9 Å². The third-order valence-corrected chi connectivity index (χ3v) is 25.0. The van der Waals surface area contributed by atoms with Gasteiger partial charge in [-0.2, -0.15) is 0 Å². The Morgan fingerprint density at radius 1 is 0.162 bits per heavy atom. The van der Waals surface area contributed by atoms with Crippen molar-refractivity contribution in [2.45, 2.75) is 0 Å². The second-order valence-electron chi connectivity index (χ2n) is 32.6. The molecule has 0 saturated carbocycles. The van der Waals surface area contributed by atoms with Crippen molar-refractivity contribution >= 4 is 87.5 Å². The molecule has 0 atom stereocenters. The molecule has 25 aromatic rings. The molecule has 0 saturated heterocycles. The van der Waals surface area contributed by atoms with Crippen LogP contribution in [0.15, 0.2) is 470 Å². The number of para-hydroxylation sites is 5. The molecule has 0 aliphatic carbocycles. The normalized spacial score (nSPS) is 11.5. The van der Waals surface area contributed by atoms with Gasteiger partial charge in [0.1, 0.15) is 22.3 Å². The van der Waals surface area contributed by atoms with Gasteiger partial charge in [-0.15, -0.1) is 0 Å². The molecule has 0 N–H and O–H groups in total. The average molecular weight is 1660 g/mol. The van der Waals surface area contributed by atoms with Gasteiger partial charge in [0.25, 0.3) is 0 Å². The first kappa shape index (κ1) is 76.1. The van der Waals surface area contributed by atoms with Gasteiger partial charge in [-0.05, 0) is 157 Å². The van der Waals surface area contributed by atoms with Crippen molar-refractivity contribution in [2.24, 2.45) is 0 Å². The Labute approximate surface area is 749 Å². The van der Waals surface area contributed by atoms with Gasteiger partial charge in [0.2, 0.25) is 0 Å². The first-order chi connectivity index (χ1) is 64.5. The summed E-state index contributed by atoms with van der Waals surface area (Å²) in [5.74, 6) is 3.56. The van der Waals surface area contributed by atoms with E-state index in [1.54, 1.807) is 0 Å². The van der Waals surface area contributed by atoms with Crippen LogP contribution in [0.1, 0.15) is 0 Å². The van der Waals surface area contributed by atoms with E-state index in [9.17, 15) is 0 Å². The van der Waals surface area contributed by atoms with E-state index in [-0.39, 0.29) is 0 Å². The van der Waals surface area contributed by atoms with Crippen molar-refractivity contribution in [3.8, 4) is 158 Å². The van der Waals surface area contributed by atoms with Crippen LogP contribution in [0.25, 0.3) is 245 Å². The highest BCUT2D eigenvalue weighted by Gasteiger charge is 2.28. The number of hydrogen-bond donors (Lipinski definition) is 0. The van der Waals surface area contributed by atoms with Crippen LogP contribution in [-0.2, 0) is 0 Å². The molecule has 608 valence electrons. The Hall–Kier alpha value is -17.6. The molecule has 0 radical (unpaired) electrons. The van der Waals surface area contributed by atoms with Gasteiger partial charge in [0, 0.05) is 82.6 Å². The number of benzene rings is 19. The van der Waals surface area contributed by atoms with Crippen LogP contribution in [0.5, 0.6) is 0 Å². The van der Waals surface area contributed by atoms with Crippen LogP contribution in [0.4, 0.5) is 0 Å². The number of hydrogen-bond acceptors (Lipinski definition) is 8. The Morgan fingerprint density at radius 3 is 1.07 bits per heavy atom. The summed E-state index contributed by atoms with van der Waals surface area (Å²) in [5, 5.41) is 8.78. The summed E-state index contributed by atoms with van der Waals surface area (Å²) in [6.07, 6.45) is 0. The molecule has 0 aliphatic heterocycles. The first-order valence-corrected chi connectivity index (χ1v) is 43.8. The summed E-state index contributed by atoms with van der Waals surface area (Å²) in [4.78, 5) is 31.5. The third kappa shape index (κ3) is 13.5. The molecule has 19 aromatic carbocycles. The van der Waals surface area contributed by atoms with E-state index in [0.29, 0.717) is 34.9 Å². The van der Waals surface area contributed by atoms with Gasteiger partial charge >= 0.3 is 0 Å². The highest BCUT2D eigenvalue weighted by molar-refractivity contribution is 6.28. The molecule has 10 nitrogen and oxygen atoms in total. The number of furan rings is 2. The van der Waals surface area contributed by atoms with Gasteiger partial charge < -0.3 is 18.0 Å². The fourth-order valence-electron chi connectivity index (χ4n) is 19.0. The van der Waals surface area contributed by atoms with Crippen molar-refractivity contribution in [2.75, 3.05) is 0 Å². The molecule has 0 spiro atoms. The average Bonchev–Trinajstić information content (AvgIpc) is 1.55. The maximum absolute atomic E-state index is 7.28. The smallest absolute Gasteiger partial charge is 0.164 e. The van der Waals surface area contributed by atoms with E-state index in [1.165, 1.54) is 10.8 Å². The molecule has 0 amide bonds. The zero-order valence-electron chi connectivity index (χ0n) is 70.3. The molecule has 130 heavy (non-hydrogen) atoms. The van der Waals surface area contributed by atoms with Crippen LogP contribution in [0, 0.1) is 0 Å². The van der Waals surface area contributed by atoms with Gasteiger partial charge in [-0.3, -0.25) is 0 Å². The molecule has 10 heteroatoms. The molecule has 0 unspecified atom stereocenters. The van der Waals surface area contributed by atoms with E-state index in [2.05, 4.69) is 397 Å². The Kier molecular flexibility index (Phi) is 19.0. The molecule has 25 rings (SSSR count). The summed E-state index contributed by atoms with van der Waals surface area (Å²) >= 11 is 0. The maximum atomic E-state index is 7.28. The lowest BCUT2D eigenvalue weighted by Crippen LogP contribution is -2.01. The summed E-state index contributed by atoms with van der Waals surface area (Å²) in [6.45, 7) is 0. The topological polar surface area (TPSA) is 113 Å². The summed E-state index contributed by atoms with van der Waals surface area (Å²) in [5.41, 5.74) is 30.4. The predicted octanol–water partition coefficient (Wildman–Crippen LogP) is 31.4. The van der Waals surface area contributed by atoms with Crippen LogP contribution in [-0.4, -0.2) is 39.0 Å². The zero-order valence-corrected chi connectivity index (χ0v) is 70.3. The zero-order chi connectivity index (χ0) is 86.0. The summed E-state index contributed by atoms with van der Waals surface area (Å²) in [6, 6.07) is 161. The second-order valence-corrected chi connectivity index (χ2v) is 32.6. The molecule has 6 aromatic heterocycles. The predicted molar refractivity (Wildman–Crippen MR) is 534 cm³/mol. The SMILES string of the molecule is c1ccc(-c2ccc(-c3ccccc3)c(-c3ccc(-c4cccc5c4oc4c5ccc5c4c4ccccc4n5-c4ccccc4)c(-c4nc(-c5ccccc5)nc(-c5ccccc5)n4)c3)c2)cc1.c1ccc(-c2nc(-c3ccccc3)nc(-c3cc(-c4ccccc4-c4ccccc4)ccc3-c3cccc4oc5ccc6c7ccccc7n(-c7ccccc7)c6c5c34)n2)cc1. The Bertz CT molecular complexity index is 8500. The van der Waals surface area contributed by atoms with E-state index >= 15 is 0 Å². The van der Waals surface area contributed by atoms with Crippen LogP contribution in [0.3, 0.4) is 0 Å². The Morgan fingerprint density at radius 2 is 0.523 bits per heavy atom. The molecule has 0 aliphatic rings. The number of fused-ring (bicyclic) bond motifs is 14. The van der Waals surface area contributed by atoms with Crippen molar-refractivity contribution in [1.29, 1.82) is 0 Å². The number of aromatic nitrogens is 8. The van der Waals surface area contributed by atoms with Crippen molar-refractivity contribution in [3.05, 3.63) is 461 Å². The van der Waals surface area contributed by atoms with Crippen molar-refractivity contribution < 1.29 is 8.83 Å². The minimum Gasteiger partial charge on any atom is -0.456 e. The minimum absolute atomic E-state index is 0.566. The van der Waals surface area contributed by atoms with E-state index in [4.69, 9.17) is 38.7 Å². The van der Waals surface area contributed by atoms with Gasteiger partial charge in [-0.1, -0.05) is 376 Å². The quantitative estimate of drug-likeness (QED) is 0.0997. The second kappa shape index (κ2) is 32.5. The number of nitrogens with zero attached hydrogens (tertiary/aromatic N) is 8. The standard InChI is InChI=1S/C63H40N4O.C57H36N4O/c1-6-19-41(20-7-1)45-33-35-48(42-21-8-2-9-22-42)54(39-45)46-34-36-49(55(40-46)63-65-61(43-23-10-3-11-24-43)64-62(66-63)44-25-12-4-13-26-44)50-30-18-31-51-52-37-38-57-58(60(52)68-59(50)51)53-29-16-17-32-56(53)67(57)47-27-14-5-15-28-47;1-5-18-37(19-6-1)42-26-13-14-27-43(42)40-32-33-44(48(36-40)57-59-55(38-20-7-2-8-21-38)58-56(60-57)39-22-9-3-10-23-39)46-29-17-31-50-52(46)53-51(62-50)35-34-47-45-28-15-16-30-49(45)61(54(47)53)41-24-11-4-12-25-41/h1-40H;1-36H. The molecule has 0 fully saturated rings. The highest BCUT2D eigenvalue weighted by atomic mass is 16.3. The highest BCUT2D eigenvalue weighted by Crippen LogP contribution is 2.50. The molecule has 6 heterocycles. The maximum Gasteiger partial charge on any atom is 0.164 e. The first-order valence-electron chi connectivity index (χ1n) is 43.8. The fourth-order valence-corrected chi connectivity index (χ4v) is 19.0. The van der Waals surface area contributed by atoms with Crippen LogP contribution >= 0.6 is 0 Å². The van der Waals surface area contributed by atoms with Gasteiger partial charge in [-0.25, -0.2) is 29.9 Å². The Balaban J connectivity index is 0.000000145. The third-order valence-electron chi connectivity index (χ3n) is 25.0. The minimum atomic E-state index is 0.566. The fraction of sp³-hybridized carbons (Fsp3) is 0. The lowest BCUT2D eigenvalue weighted by atomic mass is 9.88. The van der Waals surface area contributed by atoms with Crippen LogP contribution < -0.4 is 0 Å². The van der Waals surface area contributed by atoms with E-state index in [0.717, 1.165) is 199 Å².